The molecule has 0 spiro atoms. The van der Waals surface area contributed by atoms with Gasteiger partial charge in [0.15, 0.2) is 0 Å². The van der Waals surface area contributed by atoms with E-state index in [0.29, 0.717) is 6.54 Å². The van der Waals surface area contributed by atoms with E-state index in [4.69, 9.17) is 4.74 Å². The number of phenols is 1. The fourth-order valence-corrected chi connectivity index (χ4v) is 2.18. The minimum Gasteiger partial charge on any atom is -0.508 e. The smallest absolute Gasteiger partial charge is 0.410 e. The predicted octanol–water partition coefficient (Wildman–Crippen LogP) is 1.78. The summed E-state index contributed by atoms with van der Waals surface area (Å²) in [7, 11) is 0. The molecule has 0 saturated carbocycles. The number of nitrogens with zero attached hydrogens (tertiary/aromatic N) is 1. The first-order valence-corrected chi connectivity index (χ1v) is 6.96. The second-order valence-electron chi connectivity index (χ2n) is 6.25. The average molecular weight is 294 g/mol. The lowest BCUT2D eigenvalue weighted by molar-refractivity contribution is 0.0270. The molecular weight excluding hydrogens is 272 g/mol. The van der Waals surface area contributed by atoms with Crippen LogP contribution < -0.4 is 5.32 Å². The number of hydrogen-bond acceptors (Lipinski definition) is 5. The second kappa shape index (κ2) is 5.81. The first-order valence-electron chi connectivity index (χ1n) is 6.96. The number of carbonyl (C=O) groups is 1. The zero-order valence-electron chi connectivity index (χ0n) is 12.5. The van der Waals surface area contributed by atoms with Gasteiger partial charge in [0.2, 0.25) is 0 Å². The Kier molecular flexibility index (Phi) is 4.27. The summed E-state index contributed by atoms with van der Waals surface area (Å²) in [6.07, 6.45) is -1.08. The number of likely N-dealkylation sites (tertiary alicyclic amines) is 1. The van der Waals surface area contributed by atoms with Gasteiger partial charge in [-0.2, -0.15) is 0 Å². The van der Waals surface area contributed by atoms with Gasteiger partial charge in [-0.1, -0.05) is 0 Å². The molecule has 1 aliphatic rings. The Morgan fingerprint density at radius 1 is 1.29 bits per heavy atom. The van der Waals surface area contributed by atoms with Crippen LogP contribution in [-0.2, 0) is 4.74 Å². The molecule has 1 saturated heterocycles. The van der Waals surface area contributed by atoms with Crippen LogP contribution in [0, 0.1) is 0 Å². The monoisotopic (exact) mass is 294 g/mol. The van der Waals surface area contributed by atoms with E-state index in [2.05, 4.69) is 5.32 Å². The van der Waals surface area contributed by atoms with Gasteiger partial charge in [-0.3, -0.25) is 0 Å². The normalized spacial score (nSPS) is 22.2. The summed E-state index contributed by atoms with van der Waals surface area (Å²) < 4.78 is 5.30. The summed E-state index contributed by atoms with van der Waals surface area (Å²) in [5.41, 5.74) is 0.229. The van der Waals surface area contributed by atoms with E-state index < -0.39 is 17.8 Å². The largest absolute Gasteiger partial charge is 0.508 e. The predicted molar refractivity (Wildman–Crippen MR) is 79.3 cm³/mol. The molecule has 0 bridgehead atoms. The SMILES string of the molecule is CC(C)(C)OC(=O)N1C[C@@H](O)[C@H](Nc2ccc(O)cc2)C1. The molecule has 1 aromatic carbocycles. The van der Waals surface area contributed by atoms with Crippen molar-refractivity contribution in [3.8, 4) is 5.75 Å². The Morgan fingerprint density at radius 2 is 1.90 bits per heavy atom. The molecule has 0 aliphatic carbocycles. The molecule has 1 aromatic rings. The van der Waals surface area contributed by atoms with Gasteiger partial charge < -0.3 is 25.2 Å². The highest BCUT2D eigenvalue weighted by atomic mass is 16.6. The molecule has 6 heteroatoms. The Balaban J connectivity index is 1.94. The van der Waals surface area contributed by atoms with Crippen molar-refractivity contribution in [3.63, 3.8) is 0 Å². The number of hydrogen-bond donors (Lipinski definition) is 3. The summed E-state index contributed by atoms with van der Waals surface area (Å²) in [5.74, 6) is 0.183. The Labute approximate surface area is 124 Å². The van der Waals surface area contributed by atoms with Crippen molar-refractivity contribution >= 4 is 11.8 Å². The summed E-state index contributed by atoms with van der Waals surface area (Å²) in [6.45, 7) is 6.04. The lowest BCUT2D eigenvalue weighted by atomic mass is 10.2. The van der Waals surface area contributed by atoms with Crippen LogP contribution in [0.25, 0.3) is 0 Å². The number of rotatable bonds is 2. The highest BCUT2D eigenvalue weighted by Crippen LogP contribution is 2.20. The quantitative estimate of drug-likeness (QED) is 0.724. The standard InChI is InChI=1S/C15H22N2O4/c1-15(2,3)21-14(20)17-8-12(13(19)9-17)16-10-4-6-11(18)7-5-10/h4-7,12-13,16,18-19H,8-9H2,1-3H3/t12-,13-/m1/s1. The van der Waals surface area contributed by atoms with Gasteiger partial charge in [0.25, 0.3) is 0 Å². The van der Waals surface area contributed by atoms with Gasteiger partial charge >= 0.3 is 6.09 Å². The van der Waals surface area contributed by atoms with Gasteiger partial charge in [-0.15, -0.1) is 0 Å². The summed E-state index contributed by atoms with van der Waals surface area (Å²) in [5, 5.41) is 22.5. The van der Waals surface area contributed by atoms with Crippen LogP contribution in [0.4, 0.5) is 10.5 Å². The fourth-order valence-electron chi connectivity index (χ4n) is 2.18. The Morgan fingerprint density at radius 3 is 2.48 bits per heavy atom. The van der Waals surface area contributed by atoms with Crippen LogP contribution in [0.1, 0.15) is 20.8 Å². The zero-order chi connectivity index (χ0) is 15.6. The summed E-state index contributed by atoms with van der Waals surface area (Å²) in [6, 6.07) is 6.31. The molecule has 116 valence electrons. The van der Waals surface area contributed by atoms with Crippen molar-refractivity contribution in [2.24, 2.45) is 0 Å². The maximum atomic E-state index is 12.0. The average Bonchev–Trinajstić information content (AvgIpc) is 2.72. The van der Waals surface area contributed by atoms with Crippen molar-refractivity contribution in [3.05, 3.63) is 24.3 Å². The maximum absolute atomic E-state index is 12.0. The van der Waals surface area contributed by atoms with E-state index in [0.717, 1.165) is 5.69 Å². The number of amides is 1. The molecule has 0 aromatic heterocycles. The number of anilines is 1. The Hall–Kier alpha value is -1.95. The van der Waals surface area contributed by atoms with Crippen molar-refractivity contribution in [2.45, 2.75) is 38.5 Å². The van der Waals surface area contributed by atoms with E-state index >= 15 is 0 Å². The van der Waals surface area contributed by atoms with Crippen LogP contribution in [0.15, 0.2) is 24.3 Å². The number of carbonyl (C=O) groups excluding carboxylic acids is 1. The molecular formula is C15H22N2O4. The lowest BCUT2D eigenvalue weighted by Crippen LogP contribution is -2.36. The minimum atomic E-state index is -0.661. The van der Waals surface area contributed by atoms with Crippen LogP contribution in [-0.4, -0.2) is 52.0 Å². The Bertz CT molecular complexity index is 495. The lowest BCUT2D eigenvalue weighted by Gasteiger charge is -2.24. The second-order valence-corrected chi connectivity index (χ2v) is 6.25. The van der Waals surface area contributed by atoms with Crippen molar-refractivity contribution in [1.82, 2.24) is 4.90 Å². The minimum absolute atomic E-state index is 0.183. The van der Waals surface area contributed by atoms with Gasteiger partial charge in [-0.05, 0) is 45.0 Å². The summed E-state index contributed by atoms with van der Waals surface area (Å²) >= 11 is 0. The molecule has 2 atom stereocenters. The number of β-amino-alcohol motifs (C(OH)–C–C–N with tert-alkyl or cyclic N) is 1. The fraction of sp³-hybridized carbons (Fsp3) is 0.533. The molecule has 21 heavy (non-hydrogen) atoms. The van der Waals surface area contributed by atoms with Gasteiger partial charge in [-0.25, -0.2) is 4.79 Å². The van der Waals surface area contributed by atoms with Crippen LogP contribution in [0.2, 0.25) is 0 Å². The van der Waals surface area contributed by atoms with Crippen molar-refractivity contribution in [1.29, 1.82) is 0 Å². The number of aliphatic hydroxyl groups is 1. The van der Waals surface area contributed by atoms with Crippen LogP contribution in [0.3, 0.4) is 0 Å². The van der Waals surface area contributed by atoms with Crippen molar-refractivity contribution < 1.29 is 19.7 Å². The topological polar surface area (TPSA) is 82.0 Å². The number of aliphatic hydroxyl groups excluding tert-OH is 1. The van der Waals surface area contributed by atoms with Crippen LogP contribution >= 0.6 is 0 Å². The number of phenolic OH excluding ortho intramolecular Hbond substituents is 1. The summed E-state index contributed by atoms with van der Waals surface area (Å²) in [4.78, 5) is 13.5. The molecule has 0 unspecified atom stereocenters. The molecule has 1 fully saturated rings. The van der Waals surface area contributed by atoms with Gasteiger partial charge in [0.05, 0.1) is 18.7 Å². The number of nitrogens with one attached hydrogen (secondary N) is 1. The number of aromatic hydroxyl groups is 1. The van der Waals surface area contributed by atoms with E-state index in [1.807, 2.05) is 20.8 Å². The third-order valence-electron chi connectivity index (χ3n) is 3.16. The third-order valence-corrected chi connectivity index (χ3v) is 3.16. The molecule has 3 N–H and O–H groups in total. The van der Waals surface area contributed by atoms with Crippen LogP contribution in [0.5, 0.6) is 5.75 Å². The first-order chi connectivity index (χ1) is 9.74. The highest BCUT2D eigenvalue weighted by Gasteiger charge is 2.36. The molecule has 6 nitrogen and oxygen atoms in total. The molecule has 1 heterocycles. The maximum Gasteiger partial charge on any atom is 0.410 e. The van der Waals surface area contributed by atoms with E-state index in [1.165, 1.54) is 4.90 Å². The van der Waals surface area contributed by atoms with E-state index in [-0.39, 0.29) is 18.3 Å². The molecule has 1 aliphatic heterocycles. The molecule has 1 amide bonds. The first kappa shape index (κ1) is 15.4. The number of benzene rings is 1. The van der Waals surface area contributed by atoms with Gasteiger partial charge in [0.1, 0.15) is 11.4 Å². The number of ether oxygens (including phenoxy) is 1. The van der Waals surface area contributed by atoms with E-state index in [1.54, 1.807) is 24.3 Å². The zero-order valence-corrected chi connectivity index (χ0v) is 12.5. The molecule has 2 rings (SSSR count). The molecule has 0 radical (unpaired) electrons. The van der Waals surface area contributed by atoms with Crippen molar-refractivity contribution in [2.75, 3.05) is 18.4 Å². The van der Waals surface area contributed by atoms with E-state index in [9.17, 15) is 15.0 Å². The third kappa shape index (κ3) is 4.26. The highest BCUT2D eigenvalue weighted by molar-refractivity contribution is 5.69. The van der Waals surface area contributed by atoms with Gasteiger partial charge in [0, 0.05) is 12.2 Å².